The molecule has 1 unspecified atom stereocenters. The van der Waals surface area contributed by atoms with Crippen LogP contribution in [0.4, 0.5) is 4.39 Å². The standard InChI is InChI=1S/C26H28FN3O3S.ClH/c27-21-7-5-20(6-8-21)26(11-2-12-26)25-24-17-22(9-4-19(24)10-14-29-25)33-16-15-30-34(31,32)23-3-1-13-28-18-23;/h1,3-9,13,17-18,25,29-30H,2,10-12,14-16H2;1H. The van der Waals surface area contributed by atoms with Gasteiger partial charge in [-0.2, -0.15) is 0 Å². The monoisotopic (exact) mass is 517 g/mol. The van der Waals surface area contributed by atoms with Crippen LogP contribution in [0.25, 0.3) is 0 Å². The Bertz CT molecular complexity index is 1250. The summed E-state index contributed by atoms with van der Waals surface area (Å²) in [6.45, 7) is 1.26. The maximum atomic E-state index is 13.6. The molecule has 1 atom stereocenters. The minimum absolute atomic E-state index is 0. The summed E-state index contributed by atoms with van der Waals surface area (Å²) >= 11 is 0. The third kappa shape index (κ3) is 5.21. The van der Waals surface area contributed by atoms with Crippen molar-refractivity contribution in [2.45, 2.75) is 42.0 Å². The predicted octanol–water partition coefficient (Wildman–Crippen LogP) is 4.31. The maximum absolute atomic E-state index is 13.6. The summed E-state index contributed by atoms with van der Waals surface area (Å²) < 4.78 is 46.7. The number of benzene rings is 2. The molecule has 0 amide bonds. The number of hydrogen-bond acceptors (Lipinski definition) is 5. The molecule has 35 heavy (non-hydrogen) atoms. The molecule has 2 heterocycles. The lowest BCUT2D eigenvalue weighted by atomic mass is 9.58. The number of pyridine rings is 1. The van der Waals surface area contributed by atoms with Gasteiger partial charge in [0.25, 0.3) is 0 Å². The molecule has 0 bridgehead atoms. The summed E-state index contributed by atoms with van der Waals surface area (Å²) in [5.74, 6) is 0.492. The largest absolute Gasteiger partial charge is 0.492 e. The zero-order chi connectivity index (χ0) is 23.6. The van der Waals surface area contributed by atoms with Crippen LogP contribution in [0.2, 0.25) is 0 Å². The zero-order valence-corrected chi connectivity index (χ0v) is 20.9. The minimum Gasteiger partial charge on any atom is -0.492 e. The highest BCUT2D eigenvalue weighted by atomic mass is 35.5. The Morgan fingerprint density at radius 1 is 1.14 bits per heavy atom. The van der Waals surface area contributed by atoms with E-state index >= 15 is 0 Å². The van der Waals surface area contributed by atoms with Crippen molar-refractivity contribution >= 4 is 22.4 Å². The number of halogens is 2. The van der Waals surface area contributed by atoms with Crippen molar-refractivity contribution in [3.05, 3.63) is 89.5 Å². The van der Waals surface area contributed by atoms with E-state index in [4.69, 9.17) is 4.74 Å². The number of aromatic nitrogens is 1. The van der Waals surface area contributed by atoms with Crippen molar-refractivity contribution in [2.24, 2.45) is 0 Å². The van der Waals surface area contributed by atoms with Gasteiger partial charge < -0.3 is 10.1 Å². The highest BCUT2D eigenvalue weighted by Crippen LogP contribution is 2.53. The third-order valence-electron chi connectivity index (χ3n) is 7.00. The molecule has 1 aromatic heterocycles. The number of ether oxygens (including phenoxy) is 1. The van der Waals surface area contributed by atoms with E-state index in [-0.39, 0.29) is 47.7 Å². The summed E-state index contributed by atoms with van der Waals surface area (Å²) in [4.78, 5) is 3.99. The summed E-state index contributed by atoms with van der Waals surface area (Å²) in [5, 5.41) is 3.72. The molecule has 1 aliphatic heterocycles. The topological polar surface area (TPSA) is 80.3 Å². The average molecular weight is 518 g/mol. The summed E-state index contributed by atoms with van der Waals surface area (Å²) in [7, 11) is -3.62. The van der Waals surface area contributed by atoms with E-state index in [1.54, 1.807) is 18.2 Å². The highest BCUT2D eigenvalue weighted by Gasteiger charge is 2.47. The molecular formula is C26H29ClFN3O3S. The number of hydrogen-bond donors (Lipinski definition) is 2. The number of fused-ring (bicyclic) bond motifs is 1. The Labute approximate surface area is 211 Å². The van der Waals surface area contributed by atoms with Gasteiger partial charge in [-0.1, -0.05) is 24.6 Å². The molecule has 9 heteroatoms. The van der Waals surface area contributed by atoms with Crippen LogP contribution in [0.15, 0.2) is 71.9 Å². The predicted molar refractivity (Wildman–Crippen MR) is 135 cm³/mol. The van der Waals surface area contributed by atoms with E-state index in [0.29, 0.717) is 5.75 Å². The van der Waals surface area contributed by atoms with E-state index in [1.807, 2.05) is 18.2 Å². The quantitative estimate of drug-likeness (QED) is 0.435. The Morgan fingerprint density at radius 2 is 1.94 bits per heavy atom. The average Bonchev–Trinajstić information content (AvgIpc) is 2.83. The zero-order valence-electron chi connectivity index (χ0n) is 19.2. The number of nitrogens with one attached hydrogen (secondary N) is 2. The van der Waals surface area contributed by atoms with Crippen molar-refractivity contribution in [1.29, 1.82) is 0 Å². The maximum Gasteiger partial charge on any atom is 0.242 e. The fraction of sp³-hybridized carbons (Fsp3) is 0.346. The number of rotatable bonds is 8. The van der Waals surface area contributed by atoms with Crippen LogP contribution in [0.5, 0.6) is 5.75 Å². The van der Waals surface area contributed by atoms with Gasteiger partial charge in [0.15, 0.2) is 0 Å². The first-order valence-electron chi connectivity index (χ1n) is 11.6. The molecule has 2 aliphatic rings. The fourth-order valence-corrected chi connectivity index (χ4v) is 6.11. The molecule has 3 aromatic rings. The molecule has 2 aromatic carbocycles. The molecule has 186 valence electrons. The van der Waals surface area contributed by atoms with Crippen LogP contribution in [-0.2, 0) is 21.9 Å². The first-order chi connectivity index (χ1) is 16.5. The second kappa shape index (κ2) is 10.6. The van der Waals surface area contributed by atoms with Crippen molar-refractivity contribution in [2.75, 3.05) is 19.7 Å². The van der Waals surface area contributed by atoms with E-state index < -0.39 is 10.0 Å². The van der Waals surface area contributed by atoms with E-state index in [9.17, 15) is 12.8 Å². The first-order valence-corrected chi connectivity index (χ1v) is 13.1. The fourth-order valence-electron chi connectivity index (χ4n) is 5.13. The van der Waals surface area contributed by atoms with Crippen molar-refractivity contribution in [3.8, 4) is 5.75 Å². The van der Waals surface area contributed by atoms with Gasteiger partial charge in [0.1, 0.15) is 23.1 Å². The Morgan fingerprint density at radius 3 is 2.63 bits per heavy atom. The summed E-state index contributed by atoms with van der Waals surface area (Å²) in [6, 6.07) is 16.3. The normalized spacial score (nSPS) is 18.6. The molecular weight excluding hydrogens is 489 g/mol. The summed E-state index contributed by atoms with van der Waals surface area (Å²) in [5.41, 5.74) is 3.62. The number of nitrogens with zero attached hydrogens (tertiary/aromatic N) is 1. The Kier molecular flexibility index (Phi) is 7.76. The molecule has 6 nitrogen and oxygen atoms in total. The van der Waals surface area contributed by atoms with Crippen molar-refractivity contribution in [1.82, 2.24) is 15.0 Å². The van der Waals surface area contributed by atoms with Gasteiger partial charge in [0.05, 0.1) is 0 Å². The van der Waals surface area contributed by atoms with Crippen molar-refractivity contribution < 1.29 is 17.5 Å². The van der Waals surface area contributed by atoms with E-state index in [0.717, 1.165) is 32.2 Å². The van der Waals surface area contributed by atoms with Crippen LogP contribution < -0.4 is 14.8 Å². The molecule has 1 aliphatic carbocycles. The third-order valence-corrected chi connectivity index (χ3v) is 8.44. The molecule has 1 fully saturated rings. The van der Waals surface area contributed by atoms with Gasteiger partial charge in [-0.15, -0.1) is 12.4 Å². The summed E-state index contributed by atoms with van der Waals surface area (Å²) in [6.07, 6.45) is 7.05. The van der Waals surface area contributed by atoms with Crippen LogP contribution >= 0.6 is 12.4 Å². The molecule has 5 rings (SSSR count). The minimum atomic E-state index is -3.62. The smallest absolute Gasteiger partial charge is 0.242 e. The van der Waals surface area contributed by atoms with Gasteiger partial charge >= 0.3 is 0 Å². The Balaban J connectivity index is 0.00000289. The van der Waals surface area contributed by atoms with E-state index in [1.165, 1.54) is 35.2 Å². The van der Waals surface area contributed by atoms with Crippen molar-refractivity contribution in [3.63, 3.8) is 0 Å². The molecule has 0 saturated heterocycles. The van der Waals surface area contributed by atoms with Gasteiger partial charge in [-0.25, -0.2) is 17.5 Å². The second-order valence-corrected chi connectivity index (χ2v) is 10.7. The van der Waals surface area contributed by atoms with Crippen LogP contribution in [0.3, 0.4) is 0 Å². The molecule has 0 spiro atoms. The van der Waals surface area contributed by atoms with Crippen LogP contribution in [0.1, 0.15) is 42.0 Å². The van der Waals surface area contributed by atoms with Gasteiger partial charge in [-0.3, -0.25) is 4.98 Å². The van der Waals surface area contributed by atoms with Gasteiger partial charge in [0.2, 0.25) is 10.0 Å². The van der Waals surface area contributed by atoms with E-state index in [2.05, 4.69) is 27.2 Å². The number of sulfonamides is 1. The SMILES string of the molecule is Cl.O=S(=O)(NCCOc1ccc2c(c1)C(C1(c3ccc(F)cc3)CCC1)NCC2)c1cccnc1. The molecule has 2 N–H and O–H groups in total. The van der Waals surface area contributed by atoms with Gasteiger partial charge in [0, 0.05) is 30.4 Å². The van der Waals surface area contributed by atoms with Crippen LogP contribution in [-0.4, -0.2) is 33.1 Å². The highest BCUT2D eigenvalue weighted by molar-refractivity contribution is 7.89. The Hall–Kier alpha value is -2.52. The van der Waals surface area contributed by atoms with Crippen LogP contribution in [0, 0.1) is 5.82 Å². The first kappa shape index (κ1) is 25.6. The lowest BCUT2D eigenvalue weighted by molar-refractivity contribution is 0.164. The molecule has 0 radical (unpaired) electrons. The lowest BCUT2D eigenvalue weighted by Gasteiger charge is -2.50. The lowest BCUT2D eigenvalue weighted by Crippen LogP contribution is -2.49. The second-order valence-electron chi connectivity index (χ2n) is 8.95. The van der Waals surface area contributed by atoms with Gasteiger partial charge in [-0.05, 0) is 78.9 Å². The molecule has 1 saturated carbocycles.